The maximum absolute atomic E-state index is 5.65. The van der Waals surface area contributed by atoms with E-state index in [9.17, 15) is 0 Å². The molecule has 0 bridgehead atoms. The summed E-state index contributed by atoms with van der Waals surface area (Å²) in [7, 11) is 0. The van der Waals surface area contributed by atoms with Crippen molar-refractivity contribution in [2.24, 2.45) is 5.73 Å². The molecular formula is C15H19N3O2. The molecule has 5 heteroatoms. The van der Waals surface area contributed by atoms with Crippen molar-refractivity contribution in [3.05, 3.63) is 42.3 Å². The Balaban J connectivity index is 1.65. The second-order valence-corrected chi connectivity index (χ2v) is 4.97. The standard InChI is InChI=1S/C15H19N3O2/c16-8-14-10-18(6-7-19-14)9-13-11-20-15(17-13)12-4-2-1-3-5-12/h1-5,11,14H,6-10,16H2. The smallest absolute Gasteiger partial charge is 0.226 e. The number of nitrogens with two attached hydrogens (primary N) is 1. The summed E-state index contributed by atoms with van der Waals surface area (Å²) in [5, 5.41) is 0. The predicted octanol–water partition coefficient (Wildman–Crippen LogP) is 1.50. The van der Waals surface area contributed by atoms with Crippen LogP contribution in [0.25, 0.3) is 11.5 Å². The number of nitrogens with zero attached hydrogens (tertiary/aromatic N) is 2. The van der Waals surface area contributed by atoms with Gasteiger partial charge in [0.1, 0.15) is 6.26 Å². The Labute approximate surface area is 118 Å². The summed E-state index contributed by atoms with van der Waals surface area (Å²) in [6.45, 7) is 3.82. The lowest BCUT2D eigenvalue weighted by molar-refractivity contribution is -0.0264. The summed E-state index contributed by atoms with van der Waals surface area (Å²) in [4.78, 5) is 6.84. The number of aromatic nitrogens is 1. The van der Waals surface area contributed by atoms with Gasteiger partial charge >= 0.3 is 0 Å². The largest absolute Gasteiger partial charge is 0.444 e. The highest BCUT2D eigenvalue weighted by Crippen LogP contribution is 2.19. The van der Waals surface area contributed by atoms with Gasteiger partial charge in [-0.15, -0.1) is 0 Å². The second kappa shape index (κ2) is 6.17. The number of hydrogen-bond donors (Lipinski definition) is 1. The Bertz CT molecular complexity index is 541. The van der Waals surface area contributed by atoms with E-state index < -0.39 is 0 Å². The molecule has 0 spiro atoms. The van der Waals surface area contributed by atoms with Crippen molar-refractivity contribution < 1.29 is 9.15 Å². The third-order valence-electron chi connectivity index (χ3n) is 3.44. The number of ether oxygens (including phenoxy) is 1. The molecule has 1 fully saturated rings. The van der Waals surface area contributed by atoms with Crippen molar-refractivity contribution in [1.29, 1.82) is 0 Å². The van der Waals surface area contributed by atoms with E-state index in [1.165, 1.54) is 0 Å². The van der Waals surface area contributed by atoms with Crippen molar-refractivity contribution in [1.82, 2.24) is 9.88 Å². The lowest BCUT2D eigenvalue weighted by Crippen LogP contribution is -2.45. The second-order valence-electron chi connectivity index (χ2n) is 4.97. The highest BCUT2D eigenvalue weighted by Gasteiger charge is 2.20. The van der Waals surface area contributed by atoms with Crippen LogP contribution in [0, 0.1) is 0 Å². The molecule has 0 radical (unpaired) electrons. The van der Waals surface area contributed by atoms with Gasteiger partial charge < -0.3 is 14.9 Å². The predicted molar refractivity (Wildman–Crippen MR) is 76.0 cm³/mol. The van der Waals surface area contributed by atoms with Crippen molar-refractivity contribution in [2.45, 2.75) is 12.6 Å². The zero-order valence-corrected chi connectivity index (χ0v) is 11.4. The fourth-order valence-corrected chi connectivity index (χ4v) is 2.39. The molecule has 1 aliphatic heterocycles. The first-order valence-corrected chi connectivity index (χ1v) is 6.89. The van der Waals surface area contributed by atoms with Crippen molar-refractivity contribution in [3.8, 4) is 11.5 Å². The number of rotatable bonds is 4. The molecule has 1 saturated heterocycles. The first-order chi connectivity index (χ1) is 9.85. The first-order valence-electron chi connectivity index (χ1n) is 6.89. The van der Waals surface area contributed by atoms with Gasteiger partial charge in [0.15, 0.2) is 0 Å². The maximum Gasteiger partial charge on any atom is 0.226 e. The molecule has 1 atom stereocenters. The van der Waals surface area contributed by atoms with E-state index in [1.54, 1.807) is 6.26 Å². The third kappa shape index (κ3) is 3.07. The Morgan fingerprint density at radius 2 is 2.15 bits per heavy atom. The molecule has 1 aromatic heterocycles. The van der Waals surface area contributed by atoms with Gasteiger partial charge in [-0.1, -0.05) is 18.2 Å². The molecule has 1 aliphatic rings. The quantitative estimate of drug-likeness (QED) is 0.914. The summed E-state index contributed by atoms with van der Waals surface area (Å²) in [6.07, 6.45) is 1.86. The lowest BCUT2D eigenvalue weighted by Gasteiger charge is -2.31. The zero-order valence-electron chi connectivity index (χ0n) is 11.4. The van der Waals surface area contributed by atoms with Gasteiger partial charge in [0.2, 0.25) is 5.89 Å². The van der Waals surface area contributed by atoms with Gasteiger partial charge in [-0.2, -0.15) is 0 Å². The summed E-state index contributed by atoms with van der Waals surface area (Å²) < 4.78 is 11.1. The Hall–Kier alpha value is -1.69. The summed E-state index contributed by atoms with van der Waals surface area (Å²) in [5.74, 6) is 0.671. The fourth-order valence-electron chi connectivity index (χ4n) is 2.39. The highest BCUT2D eigenvalue weighted by molar-refractivity contribution is 5.52. The van der Waals surface area contributed by atoms with Gasteiger partial charge in [-0.05, 0) is 12.1 Å². The molecule has 106 valence electrons. The fraction of sp³-hybridized carbons (Fsp3) is 0.400. The minimum absolute atomic E-state index is 0.129. The van der Waals surface area contributed by atoms with E-state index in [-0.39, 0.29) is 6.10 Å². The number of benzene rings is 1. The van der Waals surface area contributed by atoms with Crippen molar-refractivity contribution in [2.75, 3.05) is 26.2 Å². The van der Waals surface area contributed by atoms with Crippen LogP contribution in [0.15, 0.2) is 41.0 Å². The third-order valence-corrected chi connectivity index (χ3v) is 3.44. The zero-order chi connectivity index (χ0) is 13.8. The molecule has 1 aromatic carbocycles. The van der Waals surface area contributed by atoms with Crippen LogP contribution in [-0.2, 0) is 11.3 Å². The van der Waals surface area contributed by atoms with Crippen molar-refractivity contribution in [3.63, 3.8) is 0 Å². The van der Waals surface area contributed by atoms with Gasteiger partial charge in [0.25, 0.3) is 0 Å². The minimum Gasteiger partial charge on any atom is -0.444 e. The average Bonchev–Trinajstić information content (AvgIpc) is 2.97. The average molecular weight is 273 g/mol. The van der Waals surface area contributed by atoms with Gasteiger partial charge in [0, 0.05) is 31.7 Å². The van der Waals surface area contributed by atoms with Gasteiger partial charge in [-0.25, -0.2) is 4.98 Å². The van der Waals surface area contributed by atoms with Crippen LogP contribution in [0.3, 0.4) is 0 Å². The minimum atomic E-state index is 0.129. The molecule has 0 aliphatic carbocycles. The van der Waals surface area contributed by atoms with Gasteiger partial charge in [-0.3, -0.25) is 4.90 Å². The summed E-state index contributed by atoms with van der Waals surface area (Å²) in [5.41, 5.74) is 7.60. The molecule has 5 nitrogen and oxygen atoms in total. The van der Waals surface area contributed by atoms with Gasteiger partial charge in [0.05, 0.1) is 18.4 Å². The maximum atomic E-state index is 5.65. The van der Waals surface area contributed by atoms with E-state index >= 15 is 0 Å². The molecule has 2 N–H and O–H groups in total. The SMILES string of the molecule is NCC1CN(Cc2coc(-c3ccccc3)n2)CCO1. The Morgan fingerprint density at radius 1 is 1.30 bits per heavy atom. The summed E-state index contributed by atoms with van der Waals surface area (Å²) >= 11 is 0. The van der Waals surface area contributed by atoms with Crippen molar-refractivity contribution >= 4 is 0 Å². The molecule has 2 heterocycles. The van der Waals surface area contributed by atoms with E-state index in [2.05, 4.69) is 9.88 Å². The molecule has 20 heavy (non-hydrogen) atoms. The molecule has 3 rings (SSSR count). The monoisotopic (exact) mass is 273 g/mol. The van der Waals surface area contributed by atoms with E-state index in [4.69, 9.17) is 14.9 Å². The lowest BCUT2D eigenvalue weighted by atomic mass is 10.2. The molecule has 1 unspecified atom stereocenters. The molecule has 0 saturated carbocycles. The first kappa shape index (κ1) is 13.3. The number of oxazole rings is 1. The van der Waals surface area contributed by atoms with E-state index in [0.717, 1.165) is 37.5 Å². The Morgan fingerprint density at radius 3 is 2.95 bits per heavy atom. The van der Waals surface area contributed by atoms with Crippen LogP contribution in [0.4, 0.5) is 0 Å². The van der Waals surface area contributed by atoms with Crippen LogP contribution in [-0.4, -0.2) is 42.2 Å². The number of hydrogen-bond acceptors (Lipinski definition) is 5. The van der Waals surface area contributed by atoms with E-state index in [0.29, 0.717) is 12.4 Å². The van der Waals surface area contributed by atoms with Crippen LogP contribution >= 0.6 is 0 Å². The van der Waals surface area contributed by atoms with E-state index in [1.807, 2.05) is 30.3 Å². The van der Waals surface area contributed by atoms with Crippen LogP contribution < -0.4 is 5.73 Å². The molecule has 2 aromatic rings. The summed E-state index contributed by atoms with van der Waals surface area (Å²) in [6, 6.07) is 9.93. The normalized spacial score (nSPS) is 20.1. The topological polar surface area (TPSA) is 64.5 Å². The van der Waals surface area contributed by atoms with Crippen LogP contribution in [0.1, 0.15) is 5.69 Å². The highest BCUT2D eigenvalue weighted by atomic mass is 16.5. The number of morpholine rings is 1. The van der Waals surface area contributed by atoms with Crippen LogP contribution in [0.5, 0.6) is 0 Å². The Kier molecular flexibility index (Phi) is 4.11. The van der Waals surface area contributed by atoms with Crippen LogP contribution in [0.2, 0.25) is 0 Å². The molecular weight excluding hydrogens is 254 g/mol. The molecule has 0 amide bonds.